The van der Waals surface area contributed by atoms with Crippen molar-refractivity contribution in [3.05, 3.63) is 40.1 Å². The minimum Gasteiger partial charge on any atom is -0.493 e. The summed E-state index contributed by atoms with van der Waals surface area (Å²) >= 11 is 1.35. The number of allylic oxidation sites excluding steroid dienone is 1. The summed E-state index contributed by atoms with van der Waals surface area (Å²) in [5.41, 5.74) is 3.90. The Kier molecular flexibility index (Phi) is 5.17. The van der Waals surface area contributed by atoms with Crippen LogP contribution in [-0.4, -0.2) is 22.7 Å². The normalized spacial score (nSPS) is 14.2. The van der Waals surface area contributed by atoms with Gasteiger partial charge in [0.2, 0.25) is 11.0 Å². The van der Waals surface area contributed by atoms with Gasteiger partial charge in [0.05, 0.1) is 6.61 Å². The Bertz CT molecular complexity index is 1060. The van der Waals surface area contributed by atoms with Gasteiger partial charge in [-0.1, -0.05) is 11.3 Å². The van der Waals surface area contributed by atoms with Gasteiger partial charge >= 0.3 is 0 Å². The van der Waals surface area contributed by atoms with Crippen LogP contribution < -0.4 is 10.1 Å². The molecule has 1 amide bonds. The standard InChI is InChI=1S/C21H23N3O3S/c1-4-26-18-11-19-16(14-7-5-6-8-17(14)27-19)10-15(18)12(2)9-20(25)22-21-24-23-13(3)28-21/h9-11H,4-8H2,1-3H3,(H,22,24,25)/b12-9+. The molecule has 0 atom stereocenters. The zero-order chi connectivity index (χ0) is 19.7. The third kappa shape index (κ3) is 3.67. The Labute approximate surface area is 167 Å². The molecule has 28 heavy (non-hydrogen) atoms. The van der Waals surface area contributed by atoms with E-state index in [0.29, 0.717) is 11.7 Å². The van der Waals surface area contributed by atoms with E-state index in [1.807, 2.05) is 26.8 Å². The highest BCUT2D eigenvalue weighted by atomic mass is 32.1. The summed E-state index contributed by atoms with van der Waals surface area (Å²) in [6.07, 6.45) is 5.95. The Hall–Kier alpha value is -2.67. The number of hydrogen-bond donors (Lipinski definition) is 1. The minimum atomic E-state index is -0.231. The van der Waals surface area contributed by atoms with Crippen molar-refractivity contribution in [2.45, 2.75) is 46.5 Å². The van der Waals surface area contributed by atoms with Gasteiger partial charge in [-0.05, 0) is 51.7 Å². The largest absolute Gasteiger partial charge is 0.493 e. The smallest absolute Gasteiger partial charge is 0.250 e. The SMILES string of the molecule is CCOc1cc2oc3c(c2cc1/C(C)=C/C(=O)Nc1nnc(C)s1)CCCC3. The van der Waals surface area contributed by atoms with Gasteiger partial charge < -0.3 is 9.15 Å². The number of aromatic nitrogens is 2. The number of carbonyl (C=O) groups excluding carboxylic acids is 1. The zero-order valence-corrected chi connectivity index (χ0v) is 17.1. The Morgan fingerprint density at radius 3 is 2.89 bits per heavy atom. The molecule has 1 N–H and O–H groups in total. The summed E-state index contributed by atoms with van der Waals surface area (Å²) in [4.78, 5) is 12.4. The van der Waals surface area contributed by atoms with Crippen LogP contribution in [0.15, 0.2) is 22.6 Å². The molecule has 3 aromatic rings. The first kappa shape index (κ1) is 18.7. The molecule has 6 nitrogen and oxygen atoms in total. The summed E-state index contributed by atoms with van der Waals surface area (Å²) in [5, 5.41) is 13.1. The maximum absolute atomic E-state index is 12.4. The van der Waals surface area contributed by atoms with Crippen molar-refractivity contribution in [2.24, 2.45) is 0 Å². The molecule has 2 aromatic heterocycles. The fourth-order valence-electron chi connectivity index (χ4n) is 3.64. The molecule has 0 fully saturated rings. The van der Waals surface area contributed by atoms with E-state index in [0.717, 1.165) is 51.5 Å². The second-order valence-electron chi connectivity index (χ2n) is 6.93. The first-order chi connectivity index (χ1) is 13.5. The number of anilines is 1. The monoisotopic (exact) mass is 397 g/mol. The number of nitrogens with zero attached hydrogens (tertiary/aromatic N) is 2. The Morgan fingerprint density at radius 2 is 2.14 bits per heavy atom. The maximum atomic E-state index is 12.4. The maximum Gasteiger partial charge on any atom is 0.250 e. The van der Waals surface area contributed by atoms with E-state index in [1.54, 1.807) is 6.08 Å². The fraction of sp³-hybridized carbons (Fsp3) is 0.381. The first-order valence-corrected chi connectivity index (χ1v) is 10.4. The molecule has 1 aliphatic carbocycles. The van der Waals surface area contributed by atoms with E-state index in [4.69, 9.17) is 9.15 Å². The number of nitrogens with one attached hydrogen (secondary N) is 1. The molecular formula is C21H23N3O3S. The summed E-state index contributed by atoms with van der Waals surface area (Å²) in [7, 11) is 0. The van der Waals surface area contributed by atoms with Gasteiger partial charge in [-0.15, -0.1) is 10.2 Å². The molecule has 0 saturated carbocycles. The number of ether oxygens (including phenoxy) is 1. The summed E-state index contributed by atoms with van der Waals surface area (Å²) in [5.74, 6) is 1.59. The van der Waals surface area contributed by atoms with E-state index < -0.39 is 0 Å². The first-order valence-electron chi connectivity index (χ1n) is 9.56. The molecule has 0 saturated heterocycles. The van der Waals surface area contributed by atoms with Crippen molar-refractivity contribution in [1.29, 1.82) is 0 Å². The Balaban J connectivity index is 1.70. The second kappa shape index (κ2) is 7.75. The molecule has 7 heteroatoms. The van der Waals surface area contributed by atoms with Gasteiger partial charge in [0, 0.05) is 35.1 Å². The number of aryl methyl sites for hydroxylation is 3. The summed E-state index contributed by atoms with van der Waals surface area (Å²) in [6, 6.07) is 4.05. The van der Waals surface area contributed by atoms with Crippen LogP contribution in [0, 0.1) is 6.92 Å². The van der Waals surface area contributed by atoms with Crippen molar-refractivity contribution < 1.29 is 13.9 Å². The number of amides is 1. The third-order valence-corrected chi connectivity index (χ3v) is 5.64. The van der Waals surface area contributed by atoms with Gasteiger partial charge in [0.25, 0.3) is 0 Å². The predicted octanol–water partition coefficient (Wildman–Crippen LogP) is 4.91. The molecular weight excluding hydrogens is 374 g/mol. The number of hydrogen-bond acceptors (Lipinski definition) is 6. The highest BCUT2D eigenvalue weighted by Gasteiger charge is 2.20. The lowest BCUT2D eigenvalue weighted by Crippen LogP contribution is -2.08. The molecule has 0 aliphatic heterocycles. The molecule has 1 aliphatic rings. The van der Waals surface area contributed by atoms with Crippen LogP contribution >= 0.6 is 11.3 Å². The highest BCUT2D eigenvalue weighted by Crippen LogP contribution is 2.38. The number of furan rings is 1. The van der Waals surface area contributed by atoms with Crippen LogP contribution in [0.1, 0.15) is 48.6 Å². The second-order valence-corrected chi connectivity index (χ2v) is 8.11. The number of rotatable bonds is 5. The average Bonchev–Trinajstić information content (AvgIpc) is 3.23. The van der Waals surface area contributed by atoms with E-state index in [2.05, 4.69) is 21.6 Å². The van der Waals surface area contributed by atoms with Crippen molar-refractivity contribution >= 4 is 38.9 Å². The van der Waals surface area contributed by atoms with Gasteiger partial charge in [0.15, 0.2) is 0 Å². The van der Waals surface area contributed by atoms with Gasteiger partial charge in [-0.3, -0.25) is 10.1 Å². The van der Waals surface area contributed by atoms with Crippen LogP contribution in [-0.2, 0) is 17.6 Å². The van der Waals surface area contributed by atoms with Gasteiger partial charge in [0.1, 0.15) is 22.1 Å². The average molecular weight is 398 g/mol. The van der Waals surface area contributed by atoms with Crippen molar-refractivity contribution in [1.82, 2.24) is 10.2 Å². The highest BCUT2D eigenvalue weighted by molar-refractivity contribution is 7.15. The van der Waals surface area contributed by atoms with Crippen molar-refractivity contribution in [3.63, 3.8) is 0 Å². The third-order valence-electron chi connectivity index (χ3n) is 4.89. The predicted molar refractivity (Wildman–Crippen MR) is 111 cm³/mol. The van der Waals surface area contributed by atoms with E-state index >= 15 is 0 Å². The fourth-order valence-corrected chi connectivity index (χ4v) is 4.23. The molecule has 2 heterocycles. The Morgan fingerprint density at radius 1 is 1.32 bits per heavy atom. The van der Waals surface area contributed by atoms with E-state index in [-0.39, 0.29) is 5.91 Å². The lowest BCUT2D eigenvalue weighted by atomic mass is 9.94. The summed E-state index contributed by atoms with van der Waals surface area (Å²) in [6.45, 7) is 6.26. The van der Waals surface area contributed by atoms with Crippen LogP contribution in [0.4, 0.5) is 5.13 Å². The molecule has 0 bridgehead atoms. The minimum absolute atomic E-state index is 0.231. The van der Waals surface area contributed by atoms with E-state index in [9.17, 15) is 4.79 Å². The summed E-state index contributed by atoms with van der Waals surface area (Å²) < 4.78 is 11.9. The zero-order valence-electron chi connectivity index (χ0n) is 16.3. The van der Waals surface area contributed by atoms with Crippen molar-refractivity contribution in [2.75, 3.05) is 11.9 Å². The van der Waals surface area contributed by atoms with Crippen LogP contribution in [0.2, 0.25) is 0 Å². The van der Waals surface area contributed by atoms with Gasteiger partial charge in [-0.2, -0.15) is 0 Å². The molecule has 0 spiro atoms. The van der Waals surface area contributed by atoms with Crippen molar-refractivity contribution in [3.8, 4) is 5.75 Å². The van der Waals surface area contributed by atoms with Gasteiger partial charge in [-0.25, -0.2) is 0 Å². The number of benzene rings is 1. The molecule has 0 radical (unpaired) electrons. The molecule has 0 unspecified atom stereocenters. The quantitative estimate of drug-likeness (QED) is 0.619. The molecule has 4 rings (SSSR count). The topological polar surface area (TPSA) is 77.2 Å². The molecule has 146 valence electrons. The number of carbonyl (C=O) groups is 1. The molecule has 1 aromatic carbocycles. The lowest BCUT2D eigenvalue weighted by molar-refractivity contribution is -0.111. The lowest BCUT2D eigenvalue weighted by Gasteiger charge is -2.12. The van der Waals surface area contributed by atoms with Crippen LogP contribution in [0.25, 0.3) is 16.5 Å². The number of fused-ring (bicyclic) bond motifs is 3. The van der Waals surface area contributed by atoms with Crippen LogP contribution in [0.5, 0.6) is 5.75 Å². The van der Waals surface area contributed by atoms with Crippen LogP contribution in [0.3, 0.4) is 0 Å². The van der Waals surface area contributed by atoms with E-state index in [1.165, 1.54) is 29.7 Å².